The van der Waals surface area contributed by atoms with Gasteiger partial charge in [0.2, 0.25) is 0 Å². The van der Waals surface area contributed by atoms with Gasteiger partial charge in [0.1, 0.15) is 29.8 Å². The number of alkyl halides is 1. The second-order valence-electron chi connectivity index (χ2n) is 10.8. The minimum atomic E-state index is -4.25. The standard InChI is InChI=1S/C27H36FN6O7P/c1-15(2)39-27(36)16(3)32-42(37,41-19-9-7-6-8-10-19)38-13-20-23(35)21(28)26(40-20)34-14-29-22-24(33(5)18-11-12-18)30-17(4)31-25(22)34/h6-10,14-16,18,20-21,23,26,35H,11-13H2,1-5H3,(H,32,37)/t16-,20-,21+,23-,26-,42?/m1/s1. The molecule has 42 heavy (non-hydrogen) atoms. The summed E-state index contributed by atoms with van der Waals surface area (Å²) in [5.74, 6) is 0.667. The fraction of sp³-hybridized carbons (Fsp3) is 0.556. The maximum Gasteiger partial charge on any atom is 0.459 e. The number of aliphatic hydroxyl groups excluding tert-OH is 1. The number of aliphatic hydroxyl groups is 1. The molecule has 1 aromatic carbocycles. The number of para-hydroxylation sites is 1. The molecular formula is C27H36FN6O7P. The summed E-state index contributed by atoms with van der Waals surface area (Å²) < 4.78 is 53.0. The van der Waals surface area contributed by atoms with Crippen molar-refractivity contribution in [3.63, 3.8) is 0 Å². The van der Waals surface area contributed by atoms with E-state index in [-0.39, 0.29) is 5.75 Å². The van der Waals surface area contributed by atoms with Gasteiger partial charge in [-0.1, -0.05) is 18.2 Å². The summed E-state index contributed by atoms with van der Waals surface area (Å²) in [6.07, 6.45) is -2.90. The SMILES string of the molecule is Cc1nc(N(C)C2CC2)c2ncn([C@@H]3O[C@H](COP(=O)(N[C@H](C)C(=O)OC(C)C)Oc4ccccc4)[C@@H](O)[C@@H]3F)c2n1. The molecule has 1 unspecified atom stereocenters. The number of esters is 1. The molecule has 0 radical (unpaired) electrons. The van der Waals surface area contributed by atoms with E-state index >= 15 is 4.39 Å². The van der Waals surface area contributed by atoms with Crippen molar-refractivity contribution in [2.45, 2.75) is 83.3 Å². The third kappa shape index (κ3) is 6.57. The van der Waals surface area contributed by atoms with Gasteiger partial charge in [-0.2, -0.15) is 5.09 Å². The number of halogens is 1. The van der Waals surface area contributed by atoms with Crippen LogP contribution in [-0.2, 0) is 23.4 Å². The van der Waals surface area contributed by atoms with E-state index in [2.05, 4.69) is 20.0 Å². The number of carbonyl (C=O) groups is 1. The summed E-state index contributed by atoms with van der Waals surface area (Å²) in [4.78, 5) is 27.9. The number of anilines is 1. The molecule has 228 valence electrons. The van der Waals surface area contributed by atoms with E-state index in [1.165, 1.54) is 17.8 Å². The number of carbonyl (C=O) groups excluding carboxylic acids is 1. The monoisotopic (exact) mass is 606 g/mol. The van der Waals surface area contributed by atoms with Crippen LogP contribution in [0.5, 0.6) is 5.75 Å². The number of imidazole rings is 1. The number of fused-ring (bicyclic) bond motifs is 1. The normalized spacial score (nSPS) is 24.5. The predicted octanol–water partition coefficient (Wildman–Crippen LogP) is 3.46. The first-order valence-electron chi connectivity index (χ1n) is 13.8. The number of nitrogens with one attached hydrogen (secondary N) is 1. The molecule has 15 heteroatoms. The van der Waals surface area contributed by atoms with Crippen molar-refractivity contribution in [2.24, 2.45) is 0 Å². The first kappa shape index (κ1) is 30.3. The molecule has 6 atom stereocenters. The molecule has 2 aromatic heterocycles. The Bertz CT molecular complexity index is 1460. The molecule has 5 rings (SSSR count). The summed E-state index contributed by atoms with van der Waals surface area (Å²) in [7, 11) is -2.31. The Hall–Kier alpha value is -3.16. The van der Waals surface area contributed by atoms with E-state index in [1.807, 2.05) is 11.9 Å². The summed E-state index contributed by atoms with van der Waals surface area (Å²) in [5, 5.41) is 13.3. The second-order valence-corrected chi connectivity index (χ2v) is 12.5. The average molecular weight is 607 g/mol. The highest BCUT2D eigenvalue weighted by atomic mass is 31.2. The molecule has 13 nitrogen and oxygen atoms in total. The zero-order chi connectivity index (χ0) is 30.2. The molecule has 1 aliphatic carbocycles. The van der Waals surface area contributed by atoms with Crippen molar-refractivity contribution in [3.8, 4) is 5.75 Å². The molecular weight excluding hydrogens is 570 g/mol. The number of aromatic nitrogens is 4. The molecule has 2 aliphatic rings. The Morgan fingerprint density at radius 2 is 1.98 bits per heavy atom. The van der Waals surface area contributed by atoms with Crippen LogP contribution in [0.25, 0.3) is 11.2 Å². The van der Waals surface area contributed by atoms with Gasteiger partial charge in [-0.15, -0.1) is 0 Å². The van der Waals surface area contributed by atoms with Crippen LogP contribution in [0.15, 0.2) is 36.7 Å². The Morgan fingerprint density at radius 1 is 1.26 bits per heavy atom. The smallest absolute Gasteiger partial charge is 0.459 e. The fourth-order valence-electron chi connectivity index (χ4n) is 4.65. The highest BCUT2D eigenvalue weighted by Gasteiger charge is 2.47. The third-order valence-electron chi connectivity index (χ3n) is 6.95. The third-order valence-corrected chi connectivity index (χ3v) is 8.59. The summed E-state index contributed by atoms with van der Waals surface area (Å²) in [6.45, 7) is 6.05. The number of hydrogen-bond donors (Lipinski definition) is 2. The van der Waals surface area contributed by atoms with Crippen molar-refractivity contribution < 1.29 is 37.4 Å². The molecule has 3 aromatic rings. The maximum atomic E-state index is 15.5. The molecule has 1 saturated carbocycles. The zero-order valence-corrected chi connectivity index (χ0v) is 25.0. The van der Waals surface area contributed by atoms with Crippen molar-refractivity contribution in [3.05, 3.63) is 42.5 Å². The lowest BCUT2D eigenvalue weighted by Gasteiger charge is -2.25. The molecule has 3 heterocycles. The van der Waals surface area contributed by atoms with Crippen LogP contribution in [0, 0.1) is 6.92 Å². The van der Waals surface area contributed by atoms with E-state index in [1.54, 1.807) is 51.1 Å². The van der Waals surface area contributed by atoms with E-state index < -0.39 is 57.1 Å². The van der Waals surface area contributed by atoms with Gasteiger partial charge in [0.15, 0.2) is 29.4 Å². The minimum absolute atomic E-state index is 0.207. The van der Waals surface area contributed by atoms with Crippen LogP contribution in [0.4, 0.5) is 10.2 Å². The average Bonchev–Trinajstić information content (AvgIpc) is 3.65. The van der Waals surface area contributed by atoms with Gasteiger partial charge >= 0.3 is 13.7 Å². The van der Waals surface area contributed by atoms with Crippen LogP contribution < -0.4 is 14.5 Å². The molecule has 0 bridgehead atoms. The number of hydrogen-bond acceptors (Lipinski definition) is 11. The Balaban J connectivity index is 1.34. The Morgan fingerprint density at radius 3 is 2.64 bits per heavy atom. The molecule has 1 saturated heterocycles. The fourth-order valence-corrected chi connectivity index (χ4v) is 6.15. The molecule has 0 amide bonds. The number of benzene rings is 1. The Kier molecular flexibility index (Phi) is 8.81. The van der Waals surface area contributed by atoms with Gasteiger partial charge in [0.05, 0.1) is 19.0 Å². The van der Waals surface area contributed by atoms with Crippen molar-refractivity contribution in [2.75, 3.05) is 18.6 Å². The summed E-state index contributed by atoms with van der Waals surface area (Å²) in [6, 6.07) is 7.52. The summed E-state index contributed by atoms with van der Waals surface area (Å²) >= 11 is 0. The topological polar surface area (TPSA) is 150 Å². The molecule has 0 spiro atoms. The molecule has 2 N–H and O–H groups in total. The Labute approximate surface area is 242 Å². The van der Waals surface area contributed by atoms with Gasteiger partial charge in [-0.05, 0) is 52.7 Å². The van der Waals surface area contributed by atoms with Crippen molar-refractivity contribution in [1.29, 1.82) is 0 Å². The quantitative estimate of drug-likeness (QED) is 0.230. The van der Waals surface area contributed by atoms with Crippen LogP contribution in [0.3, 0.4) is 0 Å². The van der Waals surface area contributed by atoms with Gasteiger partial charge in [-0.3, -0.25) is 13.9 Å². The van der Waals surface area contributed by atoms with Crippen LogP contribution in [0.1, 0.15) is 45.7 Å². The van der Waals surface area contributed by atoms with E-state index in [0.29, 0.717) is 28.8 Å². The number of aryl methyl sites for hydroxylation is 1. The van der Waals surface area contributed by atoms with Crippen molar-refractivity contribution >= 4 is 30.7 Å². The van der Waals surface area contributed by atoms with E-state index in [9.17, 15) is 14.5 Å². The number of ether oxygens (including phenoxy) is 2. The minimum Gasteiger partial charge on any atom is -0.462 e. The first-order chi connectivity index (χ1) is 20.0. The number of rotatable bonds is 12. The van der Waals surface area contributed by atoms with E-state index in [0.717, 1.165) is 12.8 Å². The lowest BCUT2D eigenvalue weighted by atomic mass is 10.1. The van der Waals surface area contributed by atoms with Crippen LogP contribution >= 0.6 is 7.75 Å². The molecule has 1 aliphatic heterocycles. The second kappa shape index (κ2) is 12.2. The van der Waals surface area contributed by atoms with Crippen LogP contribution in [-0.4, -0.2) is 80.8 Å². The summed E-state index contributed by atoms with van der Waals surface area (Å²) in [5.41, 5.74) is 0.857. The van der Waals surface area contributed by atoms with Gasteiger partial charge in [-0.25, -0.2) is 23.9 Å². The van der Waals surface area contributed by atoms with Crippen LogP contribution in [0.2, 0.25) is 0 Å². The largest absolute Gasteiger partial charge is 0.462 e. The van der Waals surface area contributed by atoms with Gasteiger partial charge in [0, 0.05) is 13.1 Å². The predicted molar refractivity (Wildman–Crippen MR) is 151 cm³/mol. The molecule has 2 fully saturated rings. The lowest BCUT2D eigenvalue weighted by Crippen LogP contribution is -2.37. The highest BCUT2D eigenvalue weighted by molar-refractivity contribution is 7.52. The van der Waals surface area contributed by atoms with E-state index in [4.69, 9.17) is 18.5 Å². The lowest BCUT2D eigenvalue weighted by molar-refractivity contribution is -0.149. The van der Waals surface area contributed by atoms with Crippen molar-refractivity contribution in [1.82, 2.24) is 24.6 Å². The first-order valence-corrected chi connectivity index (χ1v) is 15.4. The van der Waals surface area contributed by atoms with Gasteiger partial charge < -0.3 is 24.0 Å². The maximum absolute atomic E-state index is 15.5. The zero-order valence-electron chi connectivity index (χ0n) is 24.1. The number of nitrogens with zero attached hydrogens (tertiary/aromatic N) is 5. The van der Waals surface area contributed by atoms with Gasteiger partial charge in [0.25, 0.3) is 0 Å². The highest BCUT2D eigenvalue weighted by Crippen LogP contribution is 2.46.